The van der Waals surface area contributed by atoms with Crippen molar-refractivity contribution in [2.75, 3.05) is 32.7 Å². The summed E-state index contributed by atoms with van der Waals surface area (Å²) < 4.78 is 11.5. The molecule has 0 fully saturated rings. The summed E-state index contributed by atoms with van der Waals surface area (Å²) in [5.74, 6) is 0.232. The monoisotopic (exact) mass is 244 g/mol. The molecule has 0 aliphatic carbocycles. The molecule has 0 aromatic carbocycles. The molecule has 1 rings (SSSR count). The molecule has 8 heteroatoms. The number of nitrogens with zero attached hydrogens (tertiary/aromatic N) is 3. The van der Waals surface area contributed by atoms with Crippen LogP contribution in [0.25, 0.3) is 0 Å². The van der Waals surface area contributed by atoms with Gasteiger partial charge >= 0.3 is 5.69 Å². The Morgan fingerprint density at radius 2 is 2.35 bits per heavy atom. The number of aryl methyl sites for hydroxylation is 1. The number of ether oxygens (including phenoxy) is 2. The second-order valence-electron chi connectivity index (χ2n) is 3.49. The Morgan fingerprint density at radius 1 is 1.65 bits per heavy atom. The molecular weight excluding hydrogens is 228 g/mol. The molecule has 0 radical (unpaired) electrons. The van der Waals surface area contributed by atoms with E-state index in [0.717, 1.165) is 0 Å². The van der Waals surface area contributed by atoms with Gasteiger partial charge < -0.3 is 14.8 Å². The van der Waals surface area contributed by atoms with Crippen LogP contribution in [0.5, 0.6) is 0 Å². The fourth-order valence-electron chi connectivity index (χ4n) is 1.34. The van der Waals surface area contributed by atoms with E-state index in [1.54, 1.807) is 21.3 Å². The molecule has 0 spiro atoms. The first-order valence-electron chi connectivity index (χ1n) is 5.02. The Hall–Kier alpha value is -1.67. The second-order valence-corrected chi connectivity index (χ2v) is 3.49. The summed E-state index contributed by atoms with van der Waals surface area (Å²) in [5.41, 5.74) is -0.0558. The van der Waals surface area contributed by atoms with Crippen molar-refractivity contribution in [2.45, 2.75) is 6.10 Å². The Bertz CT molecular complexity index is 379. The van der Waals surface area contributed by atoms with Gasteiger partial charge in [0, 0.05) is 27.8 Å². The third-order valence-corrected chi connectivity index (χ3v) is 2.19. The smallest absolute Gasteiger partial charge is 0.330 e. The van der Waals surface area contributed by atoms with Crippen molar-refractivity contribution < 1.29 is 14.4 Å². The molecule has 1 unspecified atom stereocenters. The third-order valence-electron chi connectivity index (χ3n) is 2.19. The van der Waals surface area contributed by atoms with Gasteiger partial charge in [0.2, 0.25) is 5.82 Å². The number of hydrogen-bond acceptors (Lipinski definition) is 6. The van der Waals surface area contributed by atoms with Crippen LogP contribution in [0.1, 0.15) is 0 Å². The quantitative estimate of drug-likeness (QED) is 0.551. The first-order valence-corrected chi connectivity index (χ1v) is 5.02. The topological polar surface area (TPSA) is 91.5 Å². The molecule has 0 aliphatic heterocycles. The largest absolute Gasteiger partial charge is 0.382 e. The van der Waals surface area contributed by atoms with Gasteiger partial charge in [-0.3, -0.25) is 14.8 Å². The van der Waals surface area contributed by atoms with Gasteiger partial charge in [0.25, 0.3) is 0 Å². The van der Waals surface area contributed by atoms with Crippen molar-refractivity contribution in [2.24, 2.45) is 7.05 Å². The van der Waals surface area contributed by atoms with E-state index in [4.69, 9.17) is 9.47 Å². The Kier molecular flexibility index (Phi) is 4.85. The van der Waals surface area contributed by atoms with E-state index in [1.165, 1.54) is 10.9 Å². The standard InChI is InChI=1S/C9H16N4O4/c1-12-5-8(13(14)15)9(11-12)10-4-7(17-3)6-16-2/h5,7H,4,6H2,1-3H3,(H,10,11). The first-order chi connectivity index (χ1) is 8.08. The molecule has 1 heterocycles. The lowest BCUT2D eigenvalue weighted by molar-refractivity contribution is -0.384. The van der Waals surface area contributed by atoms with E-state index >= 15 is 0 Å². The fourth-order valence-corrected chi connectivity index (χ4v) is 1.34. The molecule has 17 heavy (non-hydrogen) atoms. The summed E-state index contributed by atoms with van der Waals surface area (Å²) in [6.07, 6.45) is 1.17. The number of nitro groups is 1. The van der Waals surface area contributed by atoms with Crippen molar-refractivity contribution in [1.29, 1.82) is 0 Å². The van der Waals surface area contributed by atoms with Crippen molar-refractivity contribution in [1.82, 2.24) is 9.78 Å². The van der Waals surface area contributed by atoms with Gasteiger partial charge in [-0.15, -0.1) is 5.10 Å². The van der Waals surface area contributed by atoms with Crippen molar-refractivity contribution in [3.63, 3.8) is 0 Å². The number of anilines is 1. The lowest BCUT2D eigenvalue weighted by Gasteiger charge is -2.14. The first kappa shape index (κ1) is 13.4. The van der Waals surface area contributed by atoms with Crippen LogP contribution in [0.3, 0.4) is 0 Å². The number of methoxy groups -OCH3 is 2. The predicted molar refractivity (Wildman–Crippen MR) is 61.0 cm³/mol. The molecule has 1 N–H and O–H groups in total. The lowest BCUT2D eigenvalue weighted by atomic mass is 10.3. The number of aromatic nitrogens is 2. The van der Waals surface area contributed by atoms with Gasteiger partial charge in [-0.25, -0.2) is 0 Å². The summed E-state index contributed by atoms with van der Waals surface area (Å²) in [4.78, 5) is 10.3. The predicted octanol–water partition coefficient (Wildman–Crippen LogP) is 0.402. The lowest BCUT2D eigenvalue weighted by Crippen LogP contribution is -2.26. The van der Waals surface area contributed by atoms with Crippen molar-refractivity contribution in [3.05, 3.63) is 16.3 Å². The zero-order valence-electron chi connectivity index (χ0n) is 10.0. The van der Waals surface area contributed by atoms with Crippen LogP contribution in [0.4, 0.5) is 11.5 Å². The molecule has 0 bridgehead atoms. The number of hydrogen-bond donors (Lipinski definition) is 1. The van der Waals surface area contributed by atoms with E-state index in [-0.39, 0.29) is 17.6 Å². The minimum atomic E-state index is -0.479. The molecule has 1 aromatic rings. The highest BCUT2D eigenvalue weighted by Gasteiger charge is 2.19. The summed E-state index contributed by atoms with van der Waals surface area (Å²) >= 11 is 0. The zero-order valence-corrected chi connectivity index (χ0v) is 10.0. The average molecular weight is 244 g/mol. The summed E-state index contributed by atoms with van der Waals surface area (Å²) in [6, 6.07) is 0. The minimum Gasteiger partial charge on any atom is -0.382 e. The highest BCUT2D eigenvalue weighted by Crippen LogP contribution is 2.21. The number of rotatable bonds is 7. The Balaban J connectivity index is 2.64. The zero-order chi connectivity index (χ0) is 12.8. The van der Waals surface area contributed by atoms with Gasteiger partial charge in [-0.05, 0) is 0 Å². The highest BCUT2D eigenvalue weighted by molar-refractivity contribution is 5.54. The van der Waals surface area contributed by atoms with Gasteiger partial charge in [0.1, 0.15) is 6.20 Å². The molecule has 0 saturated heterocycles. The second kappa shape index (κ2) is 6.16. The van der Waals surface area contributed by atoms with Gasteiger partial charge in [-0.1, -0.05) is 0 Å². The molecule has 0 amide bonds. The van der Waals surface area contributed by atoms with Crippen LogP contribution in [-0.2, 0) is 16.5 Å². The van der Waals surface area contributed by atoms with Crippen LogP contribution in [-0.4, -0.2) is 48.2 Å². The Labute approximate surface area is 98.7 Å². The molecular formula is C9H16N4O4. The van der Waals surface area contributed by atoms with E-state index in [2.05, 4.69) is 10.4 Å². The number of nitrogens with one attached hydrogen (secondary N) is 1. The van der Waals surface area contributed by atoms with Crippen LogP contribution in [0, 0.1) is 10.1 Å². The summed E-state index contributed by atoms with van der Waals surface area (Å²) in [6.45, 7) is 0.798. The van der Waals surface area contributed by atoms with E-state index < -0.39 is 4.92 Å². The molecule has 96 valence electrons. The maximum absolute atomic E-state index is 10.7. The van der Waals surface area contributed by atoms with Gasteiger partial charge in [0.05, 0.1) is 17.6 Å². The average Bonchev–Trinajstić information content (AvgIpc) is 2.66. The molecule has 0 saturated carbocycles. The minimum absolute atomic E-state index is 0.0558. The fraction of sp³-hybridized carbons (Fsp3) is 0.667. The van der Waals surface area contributed by atoms with E-state index in [9.17, 15) is 10.1 Å². The highest BCUT2D eigenvalue weighted by atomic mass is 16.6. The summed E-state index contributed by atoms with van der Waals surface area (Å²) in [7, 11) is 4.74. The van der Waals surface area contributed by atoms with Crippen LogP contribution < -0.4 is 5.32 Å². The van der Waals surface area contributed by atoms with Gasteiger partial charge in [0.15, 0.2) is 0 Å². The maximum atomic E-state index is 10.7. The van der Waals surface area contributed by atoms with E-state index in [0.29, 0.717) is 13.2 Å². The van der Waals surface area contributed by atoms with E-state index in [1.807, 2.05) is 0 Å². The van der Waals surface area contributed by atoms with Crippen molar-refractivity contribution >= 4 is 11.5 Å². The normalized spacial score (nSPS) is 12.4. The Morgan fingerprint density at radius 3 is 2.88 bits per heavy atom. The SMILES string of the molecule is COCC(CNc1nn(C)cc1[N+](=O)[O-])OC. The molecule has 1 atom stereocenters. The maximum Gasteiger partial charge on any atom is 0.330 e. The van der Waals surface area contributed by atoms with Crippen LogP contribution in [0.15, 0.2) is 6.20 Å². The van der Waals surface area contributed by atoms with Gasteiger partial charge in [-0.2, -0.15) is 0 Å². The molecule has 1 aromatic heterocycles. The third kappa shape index (κ3) is 3.68. The van der Waals surface area contributed by atoms with Crippen molar-refractivity contribution in [3.8, 4) is 0 Å². The molecule has 8 nitrogen and oxygen atoms in total. The summed E-state index contributed by atoms with van der Waals surface area (Å²) in [5, 5.41) is 17.6. The van der Waals surface area contributed by atoms with Crippen LogP contribution in [0.2, 0.25) is 0 Å². The van der Waals surface area contributed by atoms with Crippen LogP contribution >= 0.6 is 0 Å². The molecule has 0 aliphatic rings.